The second-order valence-corrected chi connectivity index (χ2v) is 10.1. The zero-order chi connectivity index (χ0) is 20.1. The Kier molecular flexibility index (Phi) is 6.43. The van der Waals surface area contributed by atoms with Crippen molar-refractivity contribution in [2.75, 3.05) is 15.8 Å². The van der Waals surface area contributed by atoms with Crippen LogP contribution in [0.4, 0.5) is 11.4 Å². The van der Waals surface area contributed by atoms with Gasteiger partial charge in [-0.25, -0.2) is 8.42 Å². The Balaban J connectivity index is 1.57. The molecule has 5 nitrogen and oxygen atoms in total. The van der Waals surface area contributed by atoms with Gasteiger partial charge in [-0.2, -0.15) is 0 Å². The van der Waals surface area contributed by atoms with E-state index in [1.807, 2.05) is 32.0 Å². The number of amides is 1. The van der Waals surface area contributed by atoms with Gasteiger partial charge in [0, 0.05) is 16.3 Å². The molecule has 0 fully saturated rings. The molecule has 0 saturated carbocycles. The van der Waals surface area contributed by atoms with Crippen LogP contribution in [-0.4, -0.2) is 20.1 Å². The van der Waals surface area contributed by atoms with E-state index >= 15 is 0 Å². The number of carbonyl (C=O) groups is 1. The van der Waals surface area contributed by atoms with Crippen LogP contribution in [0.5, 0.6) is 0 Å². The summed E-state index contributed by atoms with van der Waals surface area (Å²) in [6, 6.07) is 16.1. The molecule has 0 unspecified atom stereocenters. The third kappa shape index (κ3) is 5.15. The van der Waals surface area contributed by atoms with Crippen LogP contribution in [0, 0.1) is 13.8 Å². The highest BCUT2D eigenvalue weighted by Crippen LogP contribution is 2.25. The van der Waals surface area contributed by atoms with Crippen LogP contribution >= 0.6 is 23.1 Å². The first-order valence-corrected chi connectivity index (χ1v) is 11.9. The van der Waals surface area contributed by atoms with Gasteiger partial charge in [0.15, 0.2) is 0 Å². The van der Waals surface area contributed by atoms with Gasteiger partial charge in [0.25, 0.3) is 10.0 Å². The molecule has 0 aliphatic heterocycles. The maximum Gasteiger partial charge on any atom is 0.271 e. The molecule has 8 heteroatoms. The summed E-state index contributed by atoms with van der Waals surface area (Å²) < 4.78 is 27.3. The summed E-state index contributed by atoms with van der Waals surface area (Å²) in [7, 11) is -3.55. The molecule has 0 aliphatic carbocycles. The van der Waals surface area contributed by atoms with Crippen LogP contribution in [0.25, 0.3) is 0 Å². The molecule has 0 radical (unpaired) electrons. The lowest BCUT2D eigenvalue weighted by Crippen LogP contribution is -2.15. The molecule has 2 aromatic carbocycles. The first kappa shape index (κ1) is 20.4. The third-order valence-corrected chi connectivity index (χ3v) is 7.77. The summed E-state index contributed by atoms with van der Waals surface area (Å²) in [5.74, 6) is 0.193. The van der Waals surface area contributed by atoms with Gasteiger partial charge < -0.3 is 5.32 Å². The van der Waals surface area contributed by atoms with Crippen LogP contribution in [0.2, 0.25) is 0 Å². The normalized spacial score (nSPS) is 11.2. The number of rotatable bonds is 7. The largest absolute Gasteiger partial charge is 0.325 e. The highest BCUT2D eigenvalue weighted by atomic mass is 32.2. The number of thioether (sulfide) groups is 1. The summed E-state index contributed by atoms with van der Waals surface area (Å²) >= 11 is 2.56. The molecular formula is C20H20N2O3S3. The molecule has 0 spiro atoms. The zero-order valence-electron chi connectivity index (χ0n) is 15.4. The summed E-state index contributed by atoms with van der Waals surface area (Å²) in [4.78, 5) is 13.1. The molecule has 1 aromatic heterocycles. The summed E-state index contributed by atoms with van der Waals surface area (Å²) in [6.45, 7) is 3.93. The molecule has 28 heavy (non-hydrogen) atoms. The van der Waals surface area contributed by atoms with Crippen molar-refractivity contribution in [1.29, 1.82) is 0 Å². The molecule has 0 atom stereocenters. The standard InChI is InChI=1S/C20H20N2O3S3/c1-14-5-3-6-15(2)20(14)21-18(23)13-27-17-10-8-16(9-11-17)22-28(24,25)19-7-4-12-26-19/h3-12,22H,13H2,1-2H3,(H,21,23). The predicted octanol–water partition coefficient (Wildman–Crippen LogP) is 4.90. The summed E-state index contributed by atoms with van der Waals surface area (Å²) in [5, 5.41) is 4.68. The van der Waals surface area contributed by atoms with E-state index in [9.17, 15) is 13.2 Å². The topological polar surface area (TPSA) is 75.3 Å². The minimum absolute atomic E-state index is 0.0788. The van der Waals surface area contributed by atoms with Gasteiger partial charge in [0.1, 0.15) is 4.21 Å². The fraction of sp³-hybridized carbons (Fsp3) is 0.150. The maximum absolute atomic E-state index is 12.3. The van der Waals surface area contributed by atoms with E-state index in [1.165, 1.54) is 23.1 Å². The number of sulfonamides is 1. The molecule has 3 rings (SSSR count). The molecule has 146 valence electrons. The number of aryl methyl sites for hydroxylation is 2. The van der Waals surface area contributed by atoms with Crippen LogP contribution < -0.4 is 10.0 Å². The Morgan fingerprint density at radius 1 is 1.00 bits per heavy atom. The minimum atomic E-state index is -3.55. The second kappa shape index (κ2) is 8.81. The predicted molar refractivity (Wildman–Crippen MR) is 117 cm³/mol. The van der Waals surface area contributed by atoms with Gasteiger partial charge in [-0.3, -0.25) is 9.52 Å². The fourth-order valence-corrected chi connectivity index (χ4v) is 5.33. The Morgan fingerprint density at radius 2 is 1.68 bits per heavy atom. The van der Waals surface area contributed by atoms with Crippen molar-refractivity contribution in [3.63, 3.8) is 0 Å². The number of para-hydroxylation sites is 1. The Morgan fingerprint density at radius 3 is 2.29 bits per heavy atom. The first-order chi connectivity index (χ1) is 13.3. The number of carbonyl (C=O) groups excluding carboxylic acids is 1. The number of nitrogens with one attached hydrogen (secondary N) is 2. The van der Waals surface area contributed by atoms with E-state index < -0.39 is 10.0 Å². The number of hydrogen-bond acceptors (Lipinski definition) is 5. The molecule has 1 heterocycles. The minimum Gasteiger partial charge on any atom is -0.325 e. The highest BCUT2D eigenvalue weighted by Gasteiger charge is 2.15. The quantitative estimate of drug-likeness (QED) is 0.521. The average molecular weight is 433 g/mol. The van der Waals surface area contributed by atoms with Crippen molar-refractivity contribution < 1.29 is 13.2 Å². The molecule has 3 aromatic rings. The number of anilines is 2. The van der Waals surface area contributed by atoms with Crippen molar-refractivity contribution in [3.8, 4) is 0 Å². The van der Waals surface area contributed by atoms with Crippen molar-refractivity contribution >= 4 is 50.4 Å². The van der Waals surface area contributed by atoms with E-state index in [0.29, 0.717) is 5.69 Å². The van der Waals surface area contributed by atoms with Gasteiger partial charge in [-0.15, -0.1) is 23.1 Å². The lowest BCUT2D eigenvalue weighted by atomic mass is 10.1. The van der Waals surface area contributed by atoms with E-state index in [1.54, 1.807) is 41.8 Å². The Bertz CT molecular complexity index is 1040. The number of benzene rings is 2. The zero-order valence-corrected chi connectivity index (χ0v) is 17.9. The van der Waals surface area contributed by atoms with E-state index in [0.717, 1.165) is 21.7 Å². The van der Waals surface area contributed by atoms with Gasteiger partial charge >= 0.3 is 0 Å². The molecule has 0 saturated heterocycles. The van der Waals surface area contributed by atoms with Crippen molar-refractivity contribution in [2.45, 2.75) is 23.0 Å². The third-order valence-electron chi connectivity index (χ3n) is 3.98. The molecular weight excluding hydrogens is 412 g/mol. The molecule has 2 N–H and O–H groups in total. The monoisotopic (exact) mass is 432 g/mol. The lowest BCUT2D eigenvalue weighted by Gasteiger charge is -2.11. The van der Waals surface area contributed by atoms with Crippen LogP contribution in [0.1, 0.15) is 11.1 Å². The molecule has 0 bridgehead atoms. The highest BCUT2D eigenvalue weighted by molar-refractivity contribution is 8.00. The van der Waals surface area contributed by atoms with Crippen LogP contribution in [0.3, 0.4) is 0 Å². The van der Waals surface area contributed by atoms with Crippen LogP contribution in [-0.2, 0) is 14.8 Å². The Labute approximate surface area is 173 Å². The van der Waals surface area contributed by atoms with Gasteiger partial charge in [0.05, 0.1) is 5.75 Å². The molecule has 1 amide bonds. The summed E-state index contributed by atoms with van der Waals surface area (Å²) in [6.07, 6.45) is 0. The second-order valence-electron chi connectivity index (χ2n) is 6.17. The van der Waals surface area contributed by atoms with Gasteiger partial charge in [-0.05, 0) is 60.7 Å². The van der Waals surface area contributed by atoms with E-state index in [2.05, 4.69) is 10.0 Å². The SMILES string of the molecule is Cc1cccc(C)c1NC(=O)CSc1ccc(NS(=O)(=O)c2cccs2)cc1. The van der Waals surface area contributed by atoms with Crippen molar-refractivity contribution in [2.24, 2.45) is 0 Å². The van der Waals surface area contributed by atoms with E-state index in [4.69, 9.17) is 0 Å². The average Bonchev–Trinajstić information content (AvgIpc) is 3.20. The smallest absolute Gasteiger partial charge is 0.271 e. The van der Waals surface area contributed by atoms with Gasteiger partial charge in [0.2, 0.25) is 5.91 Å². The van der Waals surface area contributed by atoms with Crippen molar-refractivity contribution in [3.05, 3.63) is 71.1 Å². The fourth-order valence-electron chi connectivity index (χ4n) is 2.58. The first-order valence-electron chi connectivity index (χ1n) is 8.50. The van der Waals surface area contributed by atoms with Crippen molar-refractivity contribution in [1.82, 2.24) is 0 Å². The Hall–Kier alpha value is -2.29. The molecule has 0 aliphatic rings. The maximum atomic E-state index is 12.3. The van der Waals surface area contributed by atoms with Crippen LogP contribution in [0.15, 0.2) is 69.1 Å². The van der Waals surface area contributed by atoms with Gasteiger partial charge in [-0.1, -0.05) is 24.3 Å². The number of thiophene rings is 1. The van der Waals surface area contributed by atoms with E-state index in [-0.39, 0.29) is 15.9 Å². The summed E-state index contributed by atoms with van der Waals surface area (Å²) in [5.41, 5.74) is 3.39. The number of hydrogen-bond donors (Lipinski definition) is 2. The lowest BCUT2D eigenvalue weighted by molar-refractivity contribution is -0.113.